The number of thioether (sulfide) groups is 1. The van der Waals surface area contributed by atoms with E-state index in [0.717, 1.165) is 21.5 Å². The minimum atomic E-state index is -0.896. The van der Waals surface area contributed by atoms with Crippen molar-refractivity contribution >= 4 is 45.4 Å². The lowest BCUT2D eigenvalue weighted by atomic mass is 9.69. The third kappa shape index (κ3) is 4.96. The summed E-state index contributed by atoms with van der Waals surface area (Å²) in [6, 6.07) is 7.54. The molecule has 1 aliphatic carbocycles. The SMILES string of the molecule is CCSCCOC(=O)C1=C(C)NC2=C(C(=O)[C@H](C(=O)OC)[C@H](C)C2)[C@@H]1c1cccc(Br)c1. The van der Waals surface area contributed by atoms with E-state index in [1.165, 1.54) is 7.11 Å². The molecule has 1 aromatic carbocycles. The molecular weight excluding hydrogens is 494 g/mol. The Labute approximate surface area is 201 Å². The average Bonchev–Trinajstić information content (AvgIpc) is 2.75. The van der Waals surface area contributed by atoms with Gasteiger partial charge in [0.15, 0.2) is 5.78 Å². The van der Waals surface area contributed by atoms with Crippen LogP contribution in [0.1, 0.15) is 38.7 Å². The van der Waals surface area contributed by atoms with Crippen LogP contribution in [0.4, 0.5) is 0 Å². The molecule has 3 atom stereocenters. The Balaban J connectivity index is 2.07. The highest BCUT2D eigenvalue weighted by atomic mass is 79.9. The second-order valence-electron chi connectivity index (χ2n) is 7.92. The quantitative estimate of drug-likeness (QED) is 0.324. The Hall–Kier alpha value is -2.06. The number of ketones is 1. The van der Waals surface area contributed by atoms with Crippen molar-refractivity contribution in [3.8, 4) is 0 Å². The molecule has 0 aromatic heterocycles. The highest BCUT2D eigenvalue weighted by Gasteiger charge is 2.47. The van der Waals surface area contributed by atoms with E-state index in [1.807, 2.05) is 38.1 Å². The maximum Gasteiger partial charge on any atom is 0.336 e. The summed E-state index contributed by atoms with van der Waals surface area (Å²) in [6.45, 7) is 6.04. The van der Waals surface area contributed by atoms with Crippen molar-refractivity contribution in [3.05, 3.63) is 56.8 Å². The molecule has 0 amide bonds. The van der Waals surface area contributed by atoms with Crippen LogP contribution in [0.2, 0.25) is 0 Å². The van der Waals surface area contributed by atoms with Gasteiger partial charge < -0.3 is 14.8 Å². The van der Waals surface area contributed by atoms with Crippen molar-refractivity contribution in [3.63, 3.8) is 0 Å². The minimum Gasteiger partial charge on any atom is -0.468 e. The average molecular weight is 522 g/mol. The number of rotatable bonds is 7. The molecule has 0 radical (unpaired) electrons. The Morgan fingerprint density at radius 1 is 1.31 bits per heavy atom. The van der Waals surface area contributed by atoms with E-state index in [1.54, 1.807) is 11.8 Å². The van der Waals surface area contributed by atoms with E-state index in [2.05, 4.69) is 28.2 Å². The van der Waals surface area contributed by atoms with Gasteiger partial charge in [0.25, 0.3) is 0 Å². The van der Waals surface area contributed by atoms with Crippen molar-refractivity contribution in [2.75, 3.05) is 25.2 Å². The van der Waals surface area contributed by atoms with Crippen LogP contribution in [-0.2, 0) is 23.9 Å². The third-order valence-electron chi connectivity index (χ3n) is 5.81. The van der Waals surface area contributed by atoms with E-state index in [4.69, 9.17) is 9.47 Å². The van der Waals surface area contributed by atoms with Crippen LogP contribution in [0, 0.1) is 11.8 Å². The molecule has 32 heavy (non-hydrogen) atoms. The minimum absolute atomic E-state index is 0.211. The molecular formula is C24H28BrNO5S. The van der Waals surface area contributed by atoms with Gasteiger partial charge in [0, 0.05) is 33.1 Å². The van der Waals surface area contributed by atoms with Crippen LogP contribution in [0.15, 0.2) is 51.3 Å². The fourth-order valence-electron chi connectivity index (χ4n) is 4.39. The van der Waals surface area contributed by atoms with Gasteiger partial charge in [0.1, 0.15) is 12.5 Å². The van der Waals surface area contributed by atoms with Gasteiger partial charge in [-0.2, -0.15) is 11.8 Å². The monoisotopic (exact) mass is 521 g/mol. The lowest BCUT2D eigenvalue weighted by Crippen LogP contribution is -2.43. The molecule has 172 valence electrons. The van der Waals surface area contributed by atoms with Crippen molar-refractivity contribution in [2.45, 2.75) is 33.1 Å². The number of hydrogen-bond acceptors (Lipinski definition) is 7. The largest absolute Gasteiger partial charge is 0.468 e. The molecule has 1 aliphatic heterocycles. The number of ether oxygens (including phenoxy) is 2. The summed E-state index contributed by atoms with van der Waals surface area (Å²) in [5.74, 6) is -1.39. The number of carbonyl (C=O) groups is 3. The Kier molecular flexibility index (Phi) is 8.22. The van der Waals surface area contributed by atoms with Gasteiger partial charge in [0.2, 0.25) is 0 Å². The van der Waals surface area contributed by atoms with Crippen molar-refractivity contribution in [1.29, 1.82) is 0 Å². The van der Waals surface area contributed by atoms with E-state index < -0.39 is 23.8 Å². The summed E-state index contributed by atoms with van der Waals surface area (Å²) in [4.78, 5) is 39.3. The van der Waals surface area contributed by atoms with Crippen molar-refractivity contribution in [2.24, 2.45) is 11.8 Å². The Bertz CT molecular complexity index is 986. The van der Waals surface area contributed by atoms with Gasteiger partial charge in [-0.1, -0.05) is 41.9 Å². The van der Waals surface area contributed by atoms with E-state index >= 15 is 0 Å². The molecule has 0 spiro atoms. The predicted octanol–water partition coefficient (Wildman–Crippen LogP) is 4.36. The van der Waals surface area contributed by atoms with Gasteiger partial charge in [-0.05, 0) is 42.7 Å². The third-order valence-corrected chi connectivity index (χ3v) is 7.17. The lowest BCUT2D eigenvalue weighted by molar-refractivity contribution is -0.151. The summed E-state index contributed by atoms with van der Waals surface area (Å²) in [5, 5.41) is 3.27. The molecule has 1 heterocycles. The van der Waals surface area contributed by atoms with Gasteiger partial charge >= 0.3 is 11.9 Å². The van der Waals surface area contributed by atoms with Crippen LogP contribution < -0.4 is 5.32 Å². The lowest BCUT2D eigenvalue weighted by Gasteiger charge is -2.38. The molecule has 0 unspecified atom stereocenters. The summed E-state index contributed by atoms with van der Waals surface area (Å²) in [5.41, 5.74) is 3.04. The standard InChI is InChI=1S/C24H28BrNO5S/c1-5-32-10-9-31-24(29)19-14(3)26-17-11-13(2)18(23(28)30-4)22(27)21(17)20(19)15-7-6-8-16(25)12-15/h6-8,12-13,18,20,26H,5,9-11H2,1-4H3/t13-,18-,20-/m1/s1. The molecule has 0 saturated heterocycles. The maximum atomic E-state index is 13.6. The van der Waals surface area contributed by atoms with E-state index in [-0.39, 0.29) is 11.7 Å². The molecule has 3 rings (SSSR count). The molecule has 0 bridgehead atoms. The van der Waals surface area contributed by atoms with Gasteiger partial charge in [-0.15, -0.1) is 0 Å². The maximum absolute atomic E-state index is 13.6. The van der Waals surface area contributed by atoms with Crippen LogP contribution in [0.3, 0.4) is 0 Å². The van der Waals surface area contributed by atoms with Gasteiger partial charge in [-0.25, -0.2) is 4.79 Å². The van der Waals surface area contributed by atoms with Crippen molar-refractivity contribution in [1.82, 2.24) is 5.32 Å². The summed E-state index contributed by atoms with van der Waals surface area (Å²) < 4.78 is 11.3. The van der Waals surface area contributed by atoms with Crippen LogP contribution in [-0.4, -0.2) is 42.9 Å². The molecule has 2 aliphatic rings. The first-order chi connectivity index (χ1) is 15.3. The molecule has 1 N–H and O–H groups in total. The number of halogens is 1. The molecule has 0 fully saturated rings. The number of Topliss-reactive ketones (excluding diaryl/α,β-unsaturated/α-hetero) is 1. The summed E-state index contributed by atoms with van der Waals surface area (Å²) in [6.07, 6.45) is 0.512. The number of allylic oxidation sites excluding steroid dienone is 3. The Morgan fingerprint density at radius 3 is 2.72 bits per heavy atom. The van der Waals surface area contributed by atoms with Crippen LogP contribution >= 0.6 is 27.7 Å². The summed E-state index contributed by atoms with van der Waals surface area (Å²) in [7, 11) is 1.29. The Morgan fingerprint density at radius 2 is 2.06 bits per heavy atom. The first-order valence-electron chi connectivity index (χ1n) is 10.6. The number of esters is 2. The van der Waals surface area contributed by atoms with Crippen molar-refractivity contribution < 1.29 is 23.9 Å². The zero-order chi connectivity index (χ0) is 23.4. The normalized spacial score (nSPS) is 22.9. The summed E-state index contributed by atoms with van der Waals surface area (Å²) >= 11 is 5.18. The number of hydrogen-bond donors (Lipinski definition) is 1. The zero-order valence-electron chi connectivity index (χ0n) is 18.7. The molecule has 8 heteroatoms. The van der Waals surface area contributed by atoms with E-state index in [0.29, 0.717) is 35.6 Å². The van der Waals surface area contributed by atoms with Gasteiger partial charge in [0.05, 0.1) is 12.7 Å². The topological polar surface area (TPSA) is 81.7 Å². The smallest absolute Gasteiger partial charge is 0.336 e. The first-order valence-corrected chi connectivity index (χ1v) is 12.6. The highest BCUT2D eigenvalue weighted by Crippen LogP contribution is 2.45. The predicted molar refractivity (Wildman–Crippen MR) is 128 cm³/mol. The molecule has 1 aromatic rings. The van der Waals surface area contributed by atoms with Gasteiger partial charge in [-0.3, -0.25) is 9.59 Å². The fraction of sp³-hybridized carbons (Fsp3) is 0.458. The number of benzene rings is 1. The van der Waals surface area contributed by atoms with Crippen LogP contribution in [0.5, 0.6) is 0 Å². The van der Waals surface area contributed by atoms with E-state index in [9.17, 15) is 14.4 Å². The number of methoxy groups -OCH3 is 1. The number of dihydropyridines is 1. The molecule has 0 saturated carbocycles. The highest BCUT2D eigenvalue weighted by molar-refractivity contribution is 9.10. The van der Waals surface area contributed by atoms with Crippen LogP contribution in [0.25, 0.3) is 0 Å². The number of nitrogens with one attached hydrogen (secondary N) is 1. The number of carbonyl (C=O) groups excluding carboxylic acids is 3. The molecule has 6 nitrogen and oxygen atoms in total. The fourth-order valence-corrected chi connectivity index (χ4v) is 5.29. The first kappa shape index (κ1) is 24.6. The second-order valence-corrected chi connectivity index (χ2v) is 10.2. The zero-order valence-corrected chi connectivity index (χ0v) is 21.1. The second kappa shape index (κ2) is 10.7.